The zero-order valence-corrected chi connectivity index (χ0v) is 17.4. The highest BCUT2D eigenvalue weighted by atomic mass is 32.2. The van der Waals surface area contributed by atoms with Crippen LogP contribution in [0.25, 0.3) is 0 Å². The van der Waals surface area contributed by atoms with Gasteiger partial charge in [-0.15, -0.1) is 0 Å². The average Bonchev–Trinajstić information content (AvgIpc) is 2.72. The number of nitrogens with zero attached hydrogens (tertiary/aromatic N) is 2. The van der Waals surface area contributed by atoms with Crippen molar-refractivity contribution in [2.75, 3.05) is 26.2 Å². The van der Waals surface area contributed by atoms with Gasteiger partial charge in [0, 0.05) is 6.54 Å². The second-order valence-corrected chi connectivity index (χ2v) is 10.6. The van der Waals surface area contributed by atoms with E-state index >= 15 is 0 Å². The number of amides is 1. The second kappa shape index (κ2) is 7.73. The van der Waals surface area contributed by atoms with E-state index in [-0.39, 0.29) is 12.4 Å². The molecule has 31 heavy (non-hydrogen) atoms. The molecule has 1 amide bonds. The summed E-state index contributed by atoms with van der Waals surface area (Å²) in [5.41, 5.74) is -1.52. The molecule has 2 heterocycles. The standard InChI is InChI=1S/C18H16F2N2O7S2/c19-12-4-3-5-13(20)18(12)31(26,27)21-8-9-22(16(23)10-21)30(24,25)17-11-28-14-6-1-2-7-15(14)29-17/h1-7,17H,8-11H2. The minimum atomic E-state index is -4.70. The molecule has 1 fully saturated rings. The minimum absolute atomic E-state index is 0.186. The van der Waals surface area contributed by atoms with Gasteiger partial charge in [0.1, 0.15) is 18.2 Å². The summed E-state index contributed by atoms with van der Waals surface area (Å²) >= 11 is 0. The Hall–Kier alpha value is -2.77. The third-order valence-electron chi connectivity index (χ3n) is 4.78. The van der Waals surface area contributed by atoms with Gasteiger partial charge in [-0.05, 0) is 24.3 Å². The summed E-state index contributed by atoms with van der Waals surface area (Å²) in [4.78, 5) is 11.3. The minimum Gasteiger partial charge on any atom is -0.485 e. The number of hydrogen-bond donors (Lipinski definition) is 0. The molecule has 166 valence electrons. The summed E-state index contributed by atoms with van der Waals surface area (Å²) in [7, 11) is -9.06. The van der Waals surface area contributed by atoms with E-state index in [1.807, 2.05) is 0 Å². The molecule has 9 nitrogen and oxygen atoms in total. The van der Waals surface area contributed by atoms with E-state index in [2.05, 4.69) is 0 Å². The Kier molecular flexibility index (Phi) is 5.35. The van der Waals surface area contributed by atoms with Gasteiger partial charge in [-0.3, -0.25) is 4.79 Å². The molecule has 4 rings (SSSR count). The zero-order chi connectivity index (χ0) is 22.4. The zero-order valence-electron chi connectivity index (χ0n) is 15.8. The van der Waals surface area contributed by atoms with Crippen molar-refractivity contribution in [2.45, 2.75) is 10.3 Å². The predicted molar refractivity (Wildman–Crippen MR) is 102 cm³/mol. The van der Waals surface area contributed by atoms with E-state index < -0.39 is 67.6 Å². The van der Waals surface area contributed by atoms with Gasteiger partial charge in [-0.25, -0.2) is 29.9 Å². The fraction of sp³-hybridized carbons (Fsp3) is 0.278. The summed E-state index contributed by atoms with van der Waals surface area (Å²) in [5.74, 6) is -3.16. The molecule has 1 unspecified atom stereocenters. The van der Waals surface area contributed by atoms with Crippen molar-refractivity contribution in [1.82, 2.24) is 8.61 Å². The van der Waals surface area contributed by atoms with Gasteiger partial charge >= 0.3 is 0 Å². The lowest BCUT2D eigenvalue weighted by atomic mass is 10.3. The molecule has 0 bridgehead atoms. The Morgan fingerprint density at radius 2 is 1.55 bits per heavy atom. The quantitative estimate of drug-likeness (QED) is 0.648. The predicted octanol–water partition coefficient (Wildman–Crippen LogP) is 0.925. The molecule has 2 aromatic carbocycles. The maximum absolute atomic E-state index is 14.0. The lowest BCUT2D eigenvalue weighted by molar-refractivity contribution is -0.128. The molecule has 0 aliphatic carbocycles. The van der Waals surface area contributed by atoms with E-state index in [0.29, 0.717) is 14.4 Å². The molecule has 13 heteroatoms. The van der Waals surface area contributed by atoms with Gasteiger partial charge in [-0.2, -0.15) is 4.31 Å². The van der Waals surface area contributed by atoms with Crippen molar-refractivity contribution in [3.05, 3.63) is 54.1 Å². The van der Waals surface area contributed by atoms with Gasteiger partial charge in [0.25, 0.3) is 21.4 Å². The van der Waals surface area contributed by atoms with Crippen molar-refractivity contribution in [1.29, 1.82) is 0 Å². The number of piperazine rings is 1. The largest absolute Gasteiger partial charge is 0.485 e. The molecule has 0 aromatic heterocycles. The number of sulfonamides is 2. The van der Waals surface area contributed by atoms with Crippen molar-refractivity contribution in [3.8, 4) is 11.5 Å². The Bertz CT molecular complexity index is 1230. The molecule has 0 spiro atoms. The molecule has 1 saturated heterocycles. The van der Waals surface area contributed by atoms with Gasteiger partial charge in [0.2, 0.25) is 10.0 Å². The average molecular weight is 474 g/mol. The highest BCUT2D eigenvalue weighted by Crippen LogP contribution is 2.33. The molecule has 2 aliphatic rings. The Balaban J connectivity index is 1.54. The fourth-order valence-corrected chi connectivity index (χ4v) is 6.17. The summed E-state index contributed by atoms with van der Waals surface area (Å²) in [6.45, 7) is -2.30. The number of benzene rings is 2. The Labute approximate surface area is 176 Å². The fourth-order valence-electron chi connectivity index (χ4n) is 3.26. The number of rotatable bonds is 4. The molecule has 2 aliphatic heterocycles. The topological polar surface area (TPSA) is 110 Å². The van der Waals surface area contributed by atoms with Crippen molar-refractivity contribution in [3.63, 3.8) is 0 Å². The van der Waals surface area contributed by atoms with Crippen LogP contribution in [0.4, 0.5) is 8.78 Å². The van der Waals surface area contributed by atoms with Gasteiger partial charge in [0.05, 0.1) is 13.1 Å². The van der Waals surface area contributed by atoms with Crippen molar-refractivity contribution >= 4 is 26.0 Å². The first-order valence-corrected chi connectivity index (χ1v) is 11.9. The molecule has 0 saturated carbocycles. The number of halogens is 2. The molecule has 2 aromatic rings. The summed E-state index contributed by atoms with van der Waals surface area (Å²) in [6.07, 6.45) is 0. The maximum atomic E-state index is 14.0. The molecular formula is C18H16F2N2O7S2. The highest BCUT2D eigenvalue weighted by molar-refractivity contribution is 7.90. The van der Waals surface area contributed by atoms with Crippen LogP contribution in [0.15, 0.2) is 47.4 Å². The number of carbonyl (C=O) groups excluding carboxylic acids is 1. The van der Waals surface area contributed by atoms with Crippen molar-refractivity contribution in [2.24, 2.45) is 0 Å². The summed E-state index contributed by atoms with van der Waals surface area (Å²) < 4.78 is 90.9. The van der Waals surface area contributed by atoms with E-state index in [4.69, 9.17) is 9.47 Å². The lowest BCUT2D eigenvalue weighted by Crippen LogP contribution is -2.57. The summed E-state index contributed by atoms with van der Waals surface area (Å²) in [5, 5.41) is 0. The smallest absolute Gasteiger partial charge is 0.279 e. The van der Waals surface area contributed by atoms with Crippen LogP contribution in [0.3, 0.4) is 0 Å². The number of para-hydroxylation sites is 2. The first-order chi connectivity index (χ1) is 14.6. The number of fused-ring (bicyclic) bond motifs is 1. The highest BCUT2D eigenvalue weighted by Gasteiger charge is 2.44. The number of ether oxygens (including phenoxy) is 2. The van der Waals surface area contributed by atoms with Gasteiger partial charge in [-0.1, -0.05) is 18.2 Å². The first-order valence-electron chi connectivity index (χ1n) is 8.99. The number of carbonyl (C=O) groups is 1. The van der Waals surface area contributed by atoms with Crippen LogP contribution < -0.4 is 9.47 Å². The normalized spacial score (nSPS) is 20.0. The van der Waals surface area contributed by atoms with Crippen LogP contribution in [0.5, 0.6) is 11.5 Å². The maximum Gasteiger partial charge on any atom is 0.279 e. The van der Waals surface area contributed by atoms with Gasteiger partial charge in [0.15, 0.2) is 16.4 Å². The Morgan fingerprint density at radius 3 is 2.19 bits per heavy atom. The van der Waals surface area contributed by atoms with E-state index in [0.717, 1.165) is 18.2 Å². The number of hydrogen-bond acceptors (Lipinski definition) is 7. The van der Waals surface area contributed by atoms with E-state index in [1.54, 1.807) is 18.2 Å². The van der Waals surface area contributed by atoms with Crippen molar-refractivity contribution < 1.29 is 39.9 Å². The van der Waals surface area contributed by atoms with Crippen LogP contribution in [-0.4, -0.2) is 63.0 Å². The SMILES string of the molecule is O=C1CN(S(=O)(=O)c2c(F)cccc2F)CCN1S(=O)(=O)C1COc2ccccc2O1. The molecule has 1 atom stereocenters. The van der Waals surface area contributed by atoms with Crippen LogP contribution in [0, 0.1) is 11.6 Å². The lowest BCUT2D eigenvalue weighted by Gasteiger charge is -2.35. The monoisotopic (exact) mass is 474 g/mol. The van der Waals surface area contributed by atoms with Crippen LogP contribution in [-0.2, 0) is 24.8 Å². The van der Waals surface area contributed by atoms with E-state index in [1.165, 1.54) is 6.07 Å². The Morgan fingerprint density at radius 1 is 0.903 bits per heavy atom. The van der Waals surface area contributed by atoms with Crippen LogP contribution in [0.2, 0.25) is 0 Å². The molecular weight excluding hydrogens is 458 g/mol. The second-order valence-electron chi connectivity index (χ2n) is 6.71. The van der Waals surface area contributed by atoms with Gasteiger partial charge < -0.3 is 9.47 Å². The first kappa shape index (κ1) is 21.5. The third-order valence-corrected chi connectivity index (χ3v) is 8.58. The molecule has 0 N–H and O–H groups in total. The third kappa shape index (κ3) is 3.72. The van der Waals surface area contributed by atoms with Crippen LogP contribution >= 0.6 is 0 Å². The summed E-state index contributed by atoms with van der Waals surface area (Å²) in [6, 6.07) is 8.95. The molecule has 0 radical (unpaired) electrons. The van der Waals surface area contributed by atoms with Crippen LogP contribution in [0.1, 0.15) is 0 Å². The van der Waals surface area contributed by atoms with E-state index in [9.17, 15) is 30.4 Å².